The molecule has 1 aliphatic heterocycles. The maximum Gasteiger partial charge on any atom is 0.328 e. The van der Waals surface area contributed by atoms with Crippen LogP contribution in [0.15, 0.2) is 33.9 Å². The second-order valence-corrected chi connectivity index (χ2v) is 6.09. The van der Waals surface area contributed by atoms with Crippen LogP contribution in [0.5, 0.6) is 0 Å². The number of fused-ring (bicyclic) bond motifs is 1. The highest BCUT2D eigenvalue weighted by Gasteiger charge is 2.23. The predicted octanol–water partition coefficient (Wildman–Crippen LogP) is 0.764. The molecule has 0 bridgehead atoms. The van der Waals surface area contributed by atoms with Crippen LogP contribution in [-0.2, 0) is 16.1 Å². The number of para-hydroxylation sites is 1. The van der Waals surface area contributed by atoms with Gasteiger partial charge < -0.3 is 10.1 Å². The van der Waals surface area contributed by atoms with Gasteiger partial charge in [0.25, 0.3) is 5.56 Å². The fourth-order valence-corrected chi connectivity index (χ4v) is 3.09. The number of carbonyl (C=O) groups is 1. The number of H-pyrrole nitrogens is 1. The molecule has 0 unspecified atom stereocenters. The molecule has 1 aromatic heterocycles. The molecule has 24 heavy (non-hydrogen) atoms. The minimum atomic E-state index is -0.501. The van der Waals surface area contributed by atoms with Crippen LogP contribution in [-0.4, -0.2) is 34.2 Å². The average Bonchev–Trinajstić information content (AvgIpc) is 3.09. The Morgan fingerprint density at radius 2 is 2.21 bits per heavy atom. The van der Waals surface area contributed by atoms with E-state index in [1.165, 1.54) is 4.57 Å². The summed E-state index contributed by atoms with van der Waals surface area (Å²) >= 11 is 0. The van der Waals surface area contributed by atoms with Gasteiger partial charge in [-0.3, -0.25) is 19.1 Å². The predicted molar refractivity (Wildman–Crippen MR) is 90.0 cm³/mol. The smallest absolute Gasteiger partial charge is 0.328 e. The summed E-state index contributed by atoms with van der Waals surface area (Å²) in [5.41, 5.74) is -0.381. The van der Waals surface area contributed by atoms with Gasteiger partial charge in [0.15, 0.2) is 0 Å². The highest BCUT2D eigenvalue weighted by atomic mass is 16.5. The summed E-state index contributed by atoms with van der Waals surface area (Å²) in [5.74, 6) is -0.139. The molecule has 0 saturated carbocycles. The summed E-state index contributed by atoms with van der Waals surface area (Å²) in [6.45, 7) is 2.87. The zero-order valence-corrected chi connectivity index (χ0v) is 13.6. The van der Waals surface area contributed by atoms with Crippen molar-refractivity contribution >= 4 is 16.8 Å². The van der Waals surface area contributed by atoms with Crippen molar-refractivity contribution in [3.05, 3.63) is 45.1 Å². The molecule has 7 nitrogen and oxygen atoms in total. The van der Waals surface area contributed by atoms with Crippen LogP contribution in [0.3, 0.4) is 0 Å². The third-order valence-electron chi connectivity index (χ3n) is 4.38. The summed E-state index contributed by atoms with van der Waals surface area (Å²) in [5, 5.41) is 3.36. The molecule has 0 spiro atoms. The van der Waals surface area contributed by atoms with Crippen molar-refractivity contribution in [2.24, 2.45) is 0 Å². The summed E-state index contributed by atoms with van der Waals surface area (Å²) in [6.07, 6.45) is 2.19. The lowest BCUT2D eigenvalue weighted by Gasteiger charge is -2.20. The van der Waals surface area contributed by atoms with Gasteiger partial charge in [-0.1, -0.05) is 12.1 Å². The fraction of sp³-hybridized carbons (Fsp3) is 0.471. The van der Waals surface area contributed by atoms with Crippen LogP contribution in [0.4, 0.5) is 0 Å². The van der Waals surface area contributed by atoms with Crippen LogP contribution in [0.25, 0.3) is 10.9 Å². The highest BCUT2D eigenvalue weighted by molar-refractivity contribution is 5.79. The Bertz CT molecular complexity index is 849. The molecule has 0 aliphatic carbocycles. The molecule has 1 amide bonds. The Hall–Kier alpha value is -2.41. The minimum Gasteiger partial charge on any atom is -0.376 e. The van der Waals surface area contributed by atoms with Crippen molar-refractivity contribution < 1.29 is 9.53 Å². The van der Waals surface area contributed by atoms with E-state index in [4.69, 9.17) is 4.74 Å². The number of hydrogen-bond acceptors (Lipinski definition) is 4. The van der Waals surface area contributed by atoms with Crippen molar-refractivity contribution in [2.45, 2.75) is 44.9 Å². The normalized spacial score (nSPS) is 18.6. The molecular weight excluding hydrogens is 310 g/mol. The number of amides is 1. The number of nitrogens with zero attached hydrogens (tertiary/aromatic N) is 1. The van der Waals surface area contributed by atoms with Gasteiger partial charge in [0.1, 0.15) is 0 Å². The second-order valence-electron chi connectivity index (χ2n) is 6.09. The number of rotatable bonds is 5. The number of ether oxygens (including phenoxy) is 1. The Morgan fingerprint density at radius 3 is 2.96 bits per heavy atom. The van der Waals surface area contributed by atoms with Gasteiger partial charge >= 0.3 is 5.69 Å². The van der Waals surface area contributed by atoms with E-state index in [0.29, 0.717) is 10.9 Å². The lowest BCUT2D eigenvalue weighted by Crippen LogP contribution is -2.41. The van der Waals surface area contributed by atoms with Crippen molar-refractivity contribution in [3.63, 3.8) is 0 Å². The van der Waals surface area contributed by atoms with E-state index in [9.17, 15) is 14.4 Å². The lowest BCUT2D eigenvalue weighted by atomic mass is 10.1. The van der Waals surface area contributed by atoms with Crippen molar-refractivity contribution in [1.29, 1.82) is 0 Å². The molecule has 2 atom stereocenters. The van der Waals surface area contributed by atoms with Crippen molar-refractivity contribution in [2.75, 3.05) is 6.61 Å². The quantitative estimate of drug-likeness (QED) is 0.846. The number of hydrogen-bond donors (Lipinski definition) is 2. The van der Waals surface area contributed by atoms with E-state index in [-0.39, 0.29) is 31.0 Å². The van der Waals surface area contributed by atoms with Gasteiger partial charge in [0.05, 0.1) is 23.0 Å². The maximum absolute atomic E-state index is 12.1. The fourth-order valence-electron chi connectivity index (χ4n) is 3.09. The van der Waals surface area contributed by atoms with Gasteiger partial charge in [-0.05, 0) is 31.9 Å². The molecule has 1 fully saturated rings. The Morgan fingerprint density at radius 1 is 1.42 bits per heavy atom. The van der Waals surface area contributed by atoms with Gasteiger partial charge in [-0.25, -0.2) is 4.79 Å². The third kappa shape index (κ3) is 3.41. The maximum atomic E-state index is 12.1. The molecule has 1 aliphatic rings. The molecule has 1 aromatic carbocycles. The van der Waals surface area contributed by atoms with Gasteiger partial charge in [0.2, 0.25) is 5.91 Å². The molecule has 3 rings (SSSR count). The number of aromatic nitrogens is 2. The van der Waals surface area contributed by atoms with E-state index in [1.54, 1.807) is 24.3 Å². The van der Waals surface area contributed by atoms with E-state index in [0.717, 1.165) is 19.4 Å². The van der Waals surface area contributed by atoms with E-state index in [1.807, 2.05) is 6.92 Å². The SMILES string of the molecule is C[C@H](NC(=O)CCn1c(=O)[nH]c(=O)c2ccccc21)[C@@H]1CCCO1. The monoisotopic (exact) mass is 331 g/mol. The highest BCUT2D eigenvalue weighted by Crippen LogP contribution is 2.15. The molecule has 0 radical (unpaired) electrons. The summed E-state index contributed by atoms with van der Waals surface area (Å²) in [6, 6.07) is 6.81. The first-order valence-electron chi connectivity index (χ1n) is 8.19. The van der Waals surface area contributed by atoms with Crippen molar-refractivity contribution in [1.82, 2.24) is 14.9 Å². The Balaban J connectivity index is 1.70. The molecule has 128 valence electrons. The van der Waals surface area contributed by atoms with Crippen LogP contribution in [0.1, 0.15) is 26.2 Å². The zero-order valence-electron chi connectivity index (χ0n) is 13.6. The zero-order chi connectivity index (χ0) is 17.1. The summed E-state index contributed by atoms with van der Waals surface area (Å²) < 4.78 is 6.98. The van der Waals surface area contributed by atoms with Crippen molar-refractivity contribution in [3.8, 4) is 0 Å². The van der Waals surface area contributed by atoms with E-state index in [2.05, 4.69) is 10.3 Å². The average molecular weight is 331 g/mol. The molecule has 2 heterocycles. The summed E-state index contributed by atoms with van der Waals surface area (Å²) in [7, 11) is 0. The number of carbonyl (C=O) groups excluding carboxylic acids is 1. The Labute approximate surface area is 138 Å². The molecule has 2 N–H and O–H groups in total. The topological polar surface area (TPSA) is 93.2 Å². The first kappa shape index (κ1) is 16.4. The van der Waals surface area contributed by atoms with Gasteiger partial charge in [0, 0.05) is 19.6 Å². The number of aromatic amines is 1. The van der Waals surface area contributed by atoms with Crippen LogP contribution in [0, 0.1) is 0 Å². The minimum absolute atomic E-state index is 0.0518. The standard InChI is InChI=1S/C17H21N3O4/c1-11(14-7-4-10-24-14)18-15(21)8-9-20-13-6-3-2-5-12(13)16(22)19-17(20)23/h2-3,5-6,11,14H,4,7-10H2,1H3,(H,18,21)(H,19,22,23)/t11-,14-/m0/s1. The van der Waals surface area contributed by atoms with Gasteiger partial charge in [-0.15, -0.1) is 0 Å². The molecular formula is C17H21N3O4. The lowest BCUT2D eigenvalue weighted by molar-refractivity contribution is -0.122. The molecule has 1 saturated heterocycles. The van der Waals surface area contributed by atoms with Crippen LogP contribution >= 0.6 is 0 Å². The number of benzene rings is 1. The second kappa shape index (κ2) is 7.00. The van der Waals surface area contributed by atoms with Crippen LogP contribution in [0.2, 0.25) is 0 Å². The number of nitrogens with one attached hydrogen (secondary N) is 2. The third-order valence-corrected chi connectivity index (χ3v) is 4.38. The van der Waals surface area contributed by atoms with Crippen LogP contribution < -0.4 is 16.6 Å². The molecule has 7 heteroatoms. The van der Waals surface area contributed by atoms with E-state index < -0.39 is 11.2 Å². The first-order chi connectivity index (χ1) is 11.6. The number of aryl methyl sites for hydroxylation is 1. The first-order valence-corrected chi connectivity index (χ1v) is 8.19. The van der Waals surface area contributed by atoms with E-state index >= 15 is 0 Å². The largest absolute Gasteiger partial charge is 0.376 e. The van der Waals surface area contributed by atoms with Gasteiger partial charge in [-0.2, -0.15) is 0 Å². The Kier molecular flexibility index (Phi) is 4.80. The molecule has 2 aromatic rings. The summed E-state index contributed by atoms with van der Waals surface area (Å²) in [4.78, 5) is 38.3.